The summed E-state index contributed by atoms with van der Waals surface area (Å²) in [6.45, 7) is 15.7. The largest absolute Gasteiger partial charge is 0.507 e. The highest BCUT2D eigenvalue weighted by molar-refractivity contribution is 5.54. The fraction of sp³-hybridized carbons (Fsp3) is 0.368. The smallest absolute Gasteiger partial charge is 0.121 e. The molecule has 220 valence electrons. The molecule has 0 amide bonds. The van der Waals surface area contributed by atoms with Crippen molar-refractivity contribution < 1.29 is 20.4 Å². The first-order chi connectivity index (χ1) is 19.7. The monoisotopic (exact) mass is 564 g/mol. The summed E-state index contributed by atoms with van der Waals surface area (Å²) in [6, 6.07) is 17.1. The number of aromatic hydroxyl groups is 4. The second-order valence-corrected chi connectivity index (χ2v) is 13.0. The number of rotatable bonds is 4. The van der Waals surface area contributed by atoms with Gasteiger partial charge in [-0.05, 0) is 153 Å². The summed E-state index contributed by atoms with van der Waals surface area (Å²) in [5, 5.41) is 42.7. The van der Waals surface area contributed by atoms with Crippen LogP contribution in [0.5, 0.6) is 23.0 Å². The van der Waals surface area contributed by atoms with Gasteiger partial charge in [0.15, 0.2) is 0 Å². The maximum Gasteiger partial charge on any atom is 0.121 e. The van der Waals surface area contributed by atoms with Gasteiger partial charge in [0.25, 0.3) is 0 Å². The molecule has 0 aliphatic heterocycles. The fourth-order valence-corrected chi connectivity index (χ4v) is 7.50. The number of phenolic OH excluding ortho intramolecular Hbond substituents is 4. The van der Waals surface area contributed by atoms with E-state index in [1.165, 1.54) is 11.1 Å². The Kier molecular flexibility index (Phi) is 7.55. The minimum atomic E-state index is -0.417. The Morgan fingerprint density at radius 3 is 0.929 bits per heavy atom. The van der Waals surface area contributed by atoms with Crippen LogP contribution in [0, 0.1) is 55.4 Å². The van der Waals surface area contributed by atoms with Crippen molar-refractivity contribution in [2.45, 2.75) is 91.9 Å². The first kappa shape index (κ1) is 29.6. The van der Waals surface area contributed by atoms with Crippen molar-refractivity contribution in [2.24, 2.45) is 0 Å². The van der Waals surface area contributed by atoms with Crippen LogP contribution in [0.3, 0.4) is 0 Å². The summed E-state index contributed by atoms with van der Waals surface area (Å²) in [6.07, 6.45) is 2.62. The third-order valence-electron chi connectivity index (χ3n) is 9.82. The molecule has 0 aromatic heterocycles. The molecule has 1 aliphatic carbocycles. The number of aryl methyl sites for hydroxylation is 8. The van der Waals surface area contributed by atoms with Gasteiger partial charge in [0.1, 0.15) is 23.0 Å². The van der Waals surface area contributed by atoms with Crippen molar-refractivity contribution in [1.82, 2.24) is 0 Å². The molecule has 2 unspecified atom stereocenters. The lowest BCUT2D eigenvalue weighted by Gasteiger charge is -2.47. The molecule has 1 fully saturated rings. The Balaban J connectivity index is 1.82. The topological polar surface area (TPSA) is 80.9 Å². The number of hydrogen-bond acceptors (Lipinski definition) is 4. The fourth-order valence-electron chi connectivity index (χ4n) is 7.50. The van der Waals surface area contributed by atoms with E-state index in [0.29, 0.717) is 23.0 Å². The van der Waals surface area contributed by atoms with Crippen LogP contribution in [0.25, 0.3) is 0 Å². The summed E-state index contributed by atoms with van der Waals surface area (Å²) >= 11 is 0. The van der Waals surface area contributed by atoms with E-state index in [-0.39, 0.29) is 11.8 Å². The predicted octanol–water partition coefficient (Wildman–Crippen LogP) is 9.01. The summed E-state index contributed by atoms with van der Waals surface area (Å²) in [5.74, 6) is 1.70. The van der Waals surface area contributed by atoms with E-state index >= 15 is 0 Å². The highest BCUT2D eigenvalue weighted by Gasteiger charge is 2.45. The standard InChI is InChI=1S/C38H44O4/c1-20-9-28(10-21(2)34(20)39)30-17-31(29-11-22(3)35(40)23(4)12-29)19-38(18-30,32-13-24(5)36(41)25(6)14-32)33-15-26(7)37(42)27(8)16-33/h9-16,30-31,39-42H,17-19H2,1-8H3. The van der Waals surface area contributed by atoms with Crippen molar-refractivity contribution in [3.63, 3.8) is 0 Å². The van der Waals surface area contributed by atoms with Crippen LogP contribution >= 0.6 is 0 Å². The molecule has 1 aliphatic rings. The molecule has 5 rings (SSSR count). The highest BCUT2D eigenvalue weighted by Crippen LogP contribution is 2.56. The molecular weight excluding hydrogens is 520 g/mol. The second-order valence-electron chi connectivity index (χ2n) is 13.0. The molecule has 0 spiro atoms. The number of hydrogen-bond donors (Lipinski definition) is 4. The van der Waals surface area contributed by atoms with Crippen LogP contribution in [0.4, 0.5) is 0 Å². The number of phenols is 4. The van der Waals surface area contributed by atoms with E-state index in [4.69, 9.17) is 0 Å². The van der Waals surface area contributed by atoms with E-state index in [0.717, 1.165) is 74.9 Å². The molecule has 0 bridgehead atoms. The molecule has 42 heavy (non-hydrogen) atoms. The van der Waals surface area contributed by atoms with Gasteiger partial charge in [-0.15, -0.1) is 0 Å². The predicted molar refractivity (Wildman–Crippen MR) is 170 cm³/mol. The zero-order chi connectivity index (χ0) is 30.7. The van der Waals surface area contributed by atoms with E-state index < -0.39 is 5.41 Å². The molecule has 0 radical (unpaired) electrons. The summed E-state index contributed by atoms with van der Waals surface area (Å²) in [5.41, 5.74) is 11.2. The minimum absolute atomic E-state index is 0.181. The van der Waals surface area contributed by atoms with Crippen LogP contribution < -0.4 is 0 Å². The van der Waals surface area contributed by atoms with Crippen LogP contribution in [-0.2, 0) is 5.41 Å². The van der Waals surface area contributed by atoms with Crippen molar-refractivity contribution in [3.05, 3.63) is 115 Å². The highest BCUT2D eigenvalue weighted by atomic mass is 16.3. The quantitative estimate of drug-likeness (QED) is 0.199. The van der Waals surface area contributed by atoms with Gasteiger partial charge in [0.05, 0.1) is 0 Å². The van der Waals surface area contributed by atoms with Crippen molar-refractivity contribution in [1.29, 1.82) is 0 Å². The molecule has 0 heterocycles. The second kappa shape index (κ2) is 10.7. The summed E-state index contributed by atoms with van der Waals surface area (Å²) < 4.78 is 0. The molecule has 4 aromatic carbocycles. The molecular formula is C38H44O4. The molecule has 4 N–H and O–H groups in total. The SMILES string of the molecule is Cc1cc(C2CC(c3cc(C)c(O)c(C)c3)CC(c3cc(C)c(O)c(C)c3)(c3cc(C)c(O)c(C)c3)C2)cc(C)c1O. The molecule has 4 aromatic rings. The minimum Gasteiger partial charge on any atom is -0.507 e. The molecule has 4 nitrogen and oxygen atoms in total. The lowest BCUT2D eigenvalue weighted by molar-refractivity contribution is 0.277. The Morgan fingerprint density at radius 2 is 0.667 bits per heavy atom. The Labute approximate surface area is 250 Å². The third kappa shape index (κ3) is 5.02. The van der Waals surface area contributed by atoms with Crippen molar-refractivity contribution >= 4 is 0 Å². The Hall–Kier alpha value is -3.92. The van der Waals surface area contributed by atoms with E-state index in [9.17, 15) is 20.4 Å². The lowest BCUT2D eigenvalue weighted by atomic mass is 9.56. The normalized spacial score (nSPS) is 18.3. The van der Waals surface area contributed by atoms with Gasteiger partial charge in [0, 0.05) is 5.41 Å². The van der Waals surface area contributed by atoms with Crippen molar-refractivity contribution in [2.75, 3.05) is 0 Å². The third-order valence-corrected chi connectivity index (χ3v) is 9.82. The summed E-state index contributed by atoms with van der Waals surface area (Å²) in [4.78, 5) is 0. The van der Waals surface area contributed by atoms with Crippen LogP contribution in [0.2, 0.25) is 0 Å². The van der Waals surface area contributed by atoms with Gasteiger partial charge in [-0.1, -0.05) is 48.5 Å². The Bertz CT molecular complexity index is 1480. The molecule has 2 atom stereocenters. The maximum atomic E-state index is 10.8. The van der Waals surface area contributed by atoms with E-state index in [1.54, 1.807) is 0 Å². The summed E-state index contributed by atoms with van der Waals surface area (Å²) in [7, 11) is 0. The van der Waals surface area contributed by atoms with Gasteiger partial charge in [-0.2, -0.15) is 0 Å². The van der Waals surface area contributed by atoms with Gasteiger partial charge in [0.2, 0.25) is 0 Å². The van der Waals surface area contributed by atoms with Crippen LogP contribution in [0.1, 0.15) is 97.9 Å². The first-order valence-corrected chi connectivity index (χ1v) is 14.9. The van der Waals surface area contributed by atoms with Gasteiger partial charge >= 0.3 is 0 Å². The number of benzene rings is 4. The van der Waals surface area contributed by atoms with E-state index in [1.807, 2.05) is 55.4 Å². The van der Waals surface area contributed by atoms with Crippen molar-refractivity contribution in [3.8, 4) is 23.0 Å². The van der Waals surface area contributed by atoms with Crippen LogP contribution in [-0.4, -0.2) is 20.4 Å². The van der Waals surface area contributed by atoms with Gasteiger partial charge < -0.3 is 20.4 Å². The Morgan fingerprint density at radius 1 is 0.429 bits per heavy atom. The zero-order valence-corrected chi connectivity index (χ0v) is 26.2. The molecule has 1 saturated carbocycles. The maximum absolute atomic E-state index is 10.8. The molecule has 0 saturated heterocycles. The molecule has 4 heteroatoms. The average molecular weight is 565 g/mol. The lowest BCUT2D eigenvalue weighted by Crippen LogP contribution is -2.37. The van der Waals surface area contributed by atoms with E-state index in [2.05, 4.69) is 48.5 Å². The van der Waals surface area contributed by atoms with Gasteiger partial charge in [-0.3, -0.25) is 0 Å². The zero-order valence-electron chi connectivity index (χ0n) is 26.2. The van der Waals surface area contributed by atoms with Gasteiger partial charge in [-0.25, -0.2) is 0 Å². The average Bonchev–Trinajstić information content (AvgIpc) is 2.94. The first-order valence-electron chi connectivity index (χ1n) is 14.9. The van der Waals surface area contributed by atoms with Crippen LogP contribution in [0.15, 0.2) is 48.5 Å².